The van der Waals surface area contributed by atoms with Crippen LogP contribution in [0.1, 0.15) is 32.1 Å². The number of hydrogen-bond acceptors (Lipinski definition) is 2. The minimum Gasteiger partial charge on any atom is -0.352 e. The third-order valence-corrected chi connectivity index (χ3v) is 2.84. The summed E-state index contributed by atoms with van der Waals surface area (Å²) in [4.78, 5) is 22.0. The molecule has 0 bridgehead atoms. The van der Waals surface area contributed by atoms with Gasteiger partial charge in [-0.25, -0.2) is 0 Å². The highest BCUT2D eigenvalue weighted by Gasteiger charge is 2.37. The molecule has 0 aromatic heterocycles. The van der Waals surface area contributed by atoms with Crippen molar-refractivity contribution < 1.29 is 9.59 Å². The molecule has 0 unspecified atom stereocenters. The van der Waals surface area contributed by atoms with Crippen LogP contribution in [0.3, 0.4) is 0 Å². The molecule has 2 fully saturated rings. The van der Waals surface area contributed by atoms with Crippen molar-refractivity contribution in [2.75, 3.05) is 0 Å². The van der Waals surface area contributed by atoms with Gasteiger partial charge in [0.25, 0.3) is 0 Å². The van der Waals surface area contributed by atoms with Crippen LogP contribution in [0, 0.1) is 5.92 Å². The van der Waals surface area contributed by atoms with Gasteiger partial charge in [0, 0.05) is 24.8 Å². The van der Waals surface area contributed by atoms with Crippen LogP contribution in [0.5, 0.6) is 0 Å². The number of β-lactam (4-membered cyclic amide) rings is 1. The Kier molecular flexibility index (Phi) is 1.87. The third kappa shape index (κ3) is 1.24. The molecule has 66 valence electrons. The number of hydrogen-bond donors (Lipinski definition) is 1. The fourth-order valence-electron chi connectivity index (χ4n) is 2.06. The van der Waals surface area contributed by atoms with Crippen LogP contribution >= 0.6 is 0 Å². The molecule has 1 saturated carbocycles. The van der Waals surface area contributed by atoms with Crippen LogP contribution in [0.2, 0.25) is 0 Å². The summed E-state index contributed by atoms with van der Waals surface area (Å²) in [6, 6.07) is 0.172. The summed E-state index contributed by atoms with van der Waals surface area (Å²) in [5, 5.41) is 2.78. The lowest BCUT2D eigenvalue weighted by atomic mass is 9.79. The van der Waals surface area contributed by atoms with Gasteiger partial charge < -0.3 is 5.32 Å². The van der Waals surface area contributed by atoms with Gasteiger partial charge in [-0.05, 0) is 12.8 Å². The van der Waals surface area contributed by atoms with E-state index >= 15 is 0 Å². The van der Waals surface area contributed by atoms with E-state index in [1.807, 2.05) is 0 Å². The van der Waals surface area contributed by atoms with Crippen LogP contribution in [-0.4, -0.2) is 17.7 Å². The largest absolute Gasteiger partial charge is 0.352 e. The summed E-state index contributed by atoms with van der Waals surface area (Å²) in [6.45, 7) is 0. The van der Waals surface area contributed by atoms with Crippen molar-refractivity contribution in [1.82, 2.24) is 5.32 Å². The van der Waals surface area contributed by atoms with Crippen LogP contribution in [0.25, 0.3) is 0 Å². The summed E-state index contributed by atoms with van der Waals surface area (Å²) in [7, 11) is 0. The van der Waals surface area contributed by atoms with Crippen LogP contribution < -0.4 is 5.32 Å². The molecule has 1 aliphatic carbocycles. The lowest BCUT2D eigenvalue weighted by Crippen LogP contribution is -2.55. The maximum absolute atomic E-state index is 11.4. The van der Waals surface area contributed by atoms with Gasteiger partial charge in [0.15, 0.2) is 0 Å². The molecule has 3 nitrogen and oxygen atoms in total. The Morgan fingerprint density at radius 1 is 1.25 bits per heavy atom. The highest BCUT2D eigenvalue weighted by Crippen LogP contribution is 2.27. The second-order valence-electron chi connectivity index (χ2n) is 3.70. The van der Waals surface area contributed by atoms with Crippen molar-refractivity contribution in [3.63, 3.8) is 0 Å². The minimum absolute atomic E-state index is 0.0957. The molecule has 2 aliphatic rings. The minimum atomic E-state index is 0.0957. The molecule has 12 heavy (non-hydrogen) atoms. The maximum atomic E-state index is 11.4. The zero-order valence-corrected chi connectivity index (χ0v) is 7.01. The number of carbonyl (C=O) groups is 2. The second-order valence-corrected chi connectivity index (χ2v) is 3.70. The lowest BCUT2D eigenvalue weighted by Gasteiger charge is -2.35. The predicted molar refractivity (Wildman–Crippen MR) is 43.5 cm³/mol. The zero-order chi connectivity index (χ0) is 8.55. The Labute approximate surface area is 71.5 Å². The van der Waals surface area contributed by atoms with Gasteiger partial charge in [-0.3, -0.25) is 9.59 Å². The van der Waals surface area contributed by atoms with Crippen molar-refractivity contribution in [3.8, 4) is 0 Å². The number of Topliss-reactive ketones (excluding diaryl/α,β-unsaturated/α-hetero) is 1. The molecule has 1 amide bonds. The molecule has 1 N–H and O–H groups in total. The number of amides is 1. The molecule has 0 aromatic carbocycles. The molecule has 1 heterocycles. The molecule has 3 heteroatoms. The Morgan fingerprint density at radius 3 is 2.58 bits per heavy atom. The predicted octanol–water partition coefficient (Wildman–Crippen LogP) is 0.634. The van der Waals surface area contributed by atoms with E-state index in [1.165, 1.54) is 0 Å². The normalized spacial score (nSPS) is 35.7. The highest BCUT2D eigenvalue weighted by atomic mass is 16.2. The van der Waals surface area contributed by atoms with E-state index in [1.54, 1.807) is 0 Å². The second kappa shape index (κ2) is 2.88. The molecule has 2 rings (SSSR count). The average Bonchev–Trinajstić information content (AvgIpc) is 2.01. The summed E-state index contributed by atoms with van der Waals surface area (Å²) in [6.07, 6.45) is 4.44. The molecule has 1 saturated heterocycles. The zero-order valence-electron chi connectivity index (χ0n) is 7.01. The Morgan fingerprint density at radius 2 is 2.00 bits per heavy atom. The summed E-state index contributed by atoms with van der Waals surface area (Å²) in [5.74, 6) is 0.584. The fourth-order valence-corrected chi connectivity index (χ4v) is 2.06. The van der Waals surface area contributed by atoms with Crippen LogP contribution in [0.15, 0.2) is 0 Å². The first-order valence-electron chi connectivity index (χ1n) is 4.59. The molecule has 0 radical (unpaired) electrons. The first kappa shape index (κ1) is 7.77. The van der Waals surface area contributed by atoms with Gasteiger partial charge in [-0.2, -0.15) is 0 Å². The standard InChI is InChI=1S/C9H13NO2/c11-8-4-2-1-3-6(8)7-5-9(12)10-7/h6-7H,1-5H2,(H,10,12)/t6-,7-/m0/s1. The highest BCUT2D eigenvalue weighted by molar-refractivity contribution is 5.88. The van der Waals surface area contributed by atoms with E-state index in [2.05, 4.69) is 5.32 Å². The van der Waals surface area contributed by atoms with Crippen molar-refractivity contribution in [1.29, 1.82) is 0 Å². The quantitative estimate of drug-likeness (QED) is 0.582. The monoisotopic (exact) mass is 167 g/mol. The molecule has 1 aliphatic heterocycles. The van der Waals surface area contributed by atoms with Crippen molar-refractivity contribution in [2.24, 2.45) is 5.92 Å². The number of rotatable bonds is 1. The molecule has 2 atom stereocenters. The topological polar surface area (TPSA) is 46.2 Å². The van der Waals surface area contributed by atoms with E-state index in [4.69, 9.17) is 0 Å². The van der Waals surface area contributed by atoms with Crippen molar-refractivity contribution in [3.05, 3.63) is 0 Å². The van der Waals surface area contributed by atoms with Crippen LogP contribution in [0.4, 0.5) is 0 Å². The number of nitrogens with one attached hydrogen (secondary N) is 1. The van der Waals surface area contributed by atoms with Gasteiger partial charge in [0.1, 0.15) is 5.78 Å². The number of ketones is 1. The van der Waals surface area contributed by atoms with E-state index in [0.717, 1.165) is 25.7 Å². The SMILES string of the molecule is O=C1C[C@@H]([C@@H]2CCCCC2=O)N1. The lowest BCUT2D eigenvalue weighted by molar-refractivity contribution is -0.134. The van der Waals surface area contributed by atoms with Crippen LogP contribution in [-0.2, 0) is 9.59 Å². The van der Waals surface area contributed by atoms with Gasteiger partial charge in [0.2, 0.25) is 5.91 Å². The number of carbonyl (C=O) groups excluding carboxylic acids is 2. The Balaban J connectivity index is 1.93. The molecule has 0 aromatic rings. The average molecular weight is 167 g/mol. The van der Waals surface area contributed by atoms with Gasteiger partial charge in [0.05, 0.1) is 0 Å². The van der Waals surface area contributed by atoms with Crippen molar-refractivity contribution >= 4 is 11.7 Å². The van der Waals surface area contributed by atoms with E-state index in [0.29, 0.717) is 12.2 Å². The van der Waals surface area contributed by atoms with E-state index in [9.17, 15) is 9.59 Å². The molecular formula is C9H13NO2. The summed E-state index contributed by atoms with van der Waals surface area (Å²) < 4.78 is 0. The van der Waals surface area contributed by atoms with Gasteiger partial charge in [-0.15, -0.1) is 0 Å². The Bertz CT molecular complexity index is 217. The fraction of sp³-hybridized carbons (Fsp3) is 0.778. The van der Waals surface area contributed by atoms with Gasteiger partial charge in [-0.1, -0.05) is 6.42 Å². The van der Waals surface area contributed by atoms with E-state index < -0.39 is 0 Å². The van der Waals surface area contributed by atoms with Crippen molar-refractivity contribution in [2.45, 2.75) is 38.1 Å². The van der Waals surface area contributed by atoms with E-state index in [-0.39, 0.29) is 17.9 Å². The molecule has 0 spiro atoms. The maximum Gasteiger partial charge on any atom is 0.222 e. The van der Waals surface area contributed by atoms with Gasteiger partial charge >= 0.3 is 0 Å². The first-order chi connectivity index (χ1) is 5.77. The Hall–Kier alpha value is -0.860. The summed E-state index contributed by atoms with van der Waals surface area (Å²) in [5.41, 5.74) is 0. The molecular weight excluding hydrogens is 154 g/mol. The summed E-state index contributed by atoms with van der Waals surface area (Å²) >= 11 is 0. The first-order valence-corrected chi connectivity index (χ1v) is 4.59. The smallest absolute Gasteiger partial charge is 0.222 e. The third-order valence-electron chi connectivity index (χ3n) is 2.84.